The fraction of sp³-hybridized carbons (Fsp3) is 0.583. The molecule has 35 heavy (non-hydrogen) atoms. The number of hydrogen-bond acceptors (Lipinski definition) is 10. The number of rotatable bonds is 8. The molecule has 3 saturated carbocycles. The Morgan fingerprint density at radius 2 is 1.89 bits per heavy atom. The second-order valence-corrected chi connectivity index (χ2v) is 11.0. The summed E-state index contributed by atoms with van der Waals surface area (Å²) < 4.78 is 1.09. The summed E-state index contributed by atoms with van der Waals surface area (Å²) in [5.41, 5.74) is 3.61. The molecule has 0 amide bonds. The molecule has 3 heterocycles. The summed E-state index contributed by atoms with van der Waals surface area (Å²) in [6, 6.07) is 1.56. The SMILES string of the molecule is Cc1nc(NCC2CC2)nc(N[C@@H]2C[C@H](CO)[C@@H](O)[C@H]2O)c1-c1nc2c(C3CC3)nccc2s1.Cl. The summed E-state index contributed by atoms with van der Waals surface area (Å²) in [6.07, 6.45) is 5.10. The number of anilines is 2. The van der Waals surface area contributed by atoms with Gasteiger partial charge in [0.1, 0.15) is 22.4 Å². The number of aromatic nitrogens is 4. The zero-order valence-electron chi connectivity index (χ0n) is 19.5. The van der Waals surface area contributed by atoms with E-state index >= 15 is 0 Å². The van der Waals surface area contributed by atoms with Crippen LogP contribution in [0.1, 0.15) is 49.4 Å². The smallest absolute Gasteiger partial charge is 0.224 e. The normalized spacial score (nSPS) is 26.1. The summed E-state index contributed by atoms with van der Waals surface area (Å²) >= 11 is 1.59. The molecule has 3 fully saturated rings. The molecule has 4 atom stereocenters. The van der Waals surface area contributed by atoms with Gasteiger partial charge in [0, 0.05) is 31.2 Å². The second kappa shape index (κ2) is 9.74. The number of hydrogen-bond donors (Lipinski definition) is 5. The third kappa shape index (κ3) is 4.82. The van der Waals surface area contributed by atoms with Crippen molar-refractivity contribution in [1.29, 1.82) is 0 Å². The first-order valence-electron chi connectivity index (χ1n) is 12.1. The highest BCUT2D eigenvalue weighted by Gasteiger charge is 2.41. The third-order valence-corrected chi connectivity index (χ3v) is 8.25. The molecule has 11 heteroatoms. The Labute approximate surface area is 213 Å². The van der Waals surface area contributed by atoms with Crippen LogP contribution in [0.4, 0.5) is 11.8 Å². The topological polar surface area (TPSA) is 136 Å². The number of fused-ring (bicyclic) bond motifs is 1. The molecular weight excluding hydrogens is 488 g/mol. The molecule has 0 radical (unpaired) electrons. The number of nitrogens with zero attached hydrogens (tertiary/aromatic N) is 4. The molecule has 0 unspecified atom stereocenters. The van der Waals surface area contributed by atoms with Crippen molar-refractivity contribution < 1.29 is 15.3 Å². The van der Waals surface area contributed by atoms with Crippen molar-refractivity contribution in [3.05, 3.63) is 23.7 Å². The maximum absolute atomic E-state index is 10.6. The van der Waals surface area contributed by atoms with Gasteiger partial charge in [-0.05, 0) is 51.0 Å². The van der Waals surface area contributed by atoms with Crippen LogP contribution in [-0.4, -0.2) is 66.7 Å². The van der Waals surface area contributed by atoms with Crippen molar-refractivity contribution in [3.8, 4) is 10.6 Å². The lowest BCUT2D eigenvalue weighted by atomic mass is 10.1. The predicted octanol–water partition coefficient (Wildman–Crippen LogP) is 3.09. The number of aliphatic hydroxyl groups is 3. The fourth-order valence-electron chi connectivity index (χ4n) is 4.83. The minimum atomic E-state index is -0.996. The van der Waals surface area contributed by atoms with Crippen molar-refractivity contribution >= 4 is 45.7 Å². The minimum absolute atomic E-state index is 0. The average molecular weight is 519 g/mol. The van der Waals surface area contributed by atoms with Gasteiger partial charge in [-0.1, -0.05) is 0 Å². The average Bonchev–Trinajstić information content (AvgIpc) is 3.75. The van der Waals surface area contributed by atoms with Gasteiger partial charge in [0.2, 0.25) is 5.95 Å². The Bertz CT molecular complexity index is 1220. The highest BCUT2D eigenvalue weighted by molar-refractivity contribution is 7.21. The van der Waals surface area contributed by atoms with E-state index in [2.05, 4.69) is 15.6 Å². The Kier molecular flexibility index (Phi) is 6.84. The number of thiazole rings is 1. The first-order chi connectivity index (χ1) is 16.5. The van der Waals surface area contributed by atoms with Gasteiger partial charge in [0.15, 0.2) is 0 Å². The monoisotopic (exact) mass is 518 g/mol. The van der Waals surface area contributed by atoms with E-state index in [9.17, 15) is 15.3 Å². The van der Waals surface area contributed by atoms with E-state index in [4.69, 9.17) is 15.0 Å². The Morgan fingerprint density at radius 3 is 2.57 bits per heavy atom. The van der Waals surface area contributed by atoms with E-state index in [1.54, 1.807) is 11.3 Å². The van der Waals surface area contributed by atoms with E-state index in [-0.39, 0.29) is 24.9 Å². The van der Waals surface area contributed by atoms with Crippen LogP contribution in [0.3, 0.4) is 0 Å². The lowest BCUT2D eigenvalue weighted by Crippen LogP contribution is -2.35. The van der Waals surface area contributed by atoms with Crippen LogP contribution >= 0.6 is 23.7 Å². The molecular formula is C24H31ClN6O3S. The van der Waals surface area contributed by atoms with Crippen LogP contribution in [0.15, 0.2) is 12.3 Å². The number of halogens is 1. The van der Waals surface area contributed by atoms with E-state index in [1.165, 1.54) is 12.8 Å². The first kappa shape index (κ1) is 24.6. The van der Waals surface area contributed by atoms with Crippen molar-refractivity contribution in [2.24, 2.45) is 11.8 Å². The summed E-state index contributed by atoms with van der Waals surface area (Å²) in [5, 5.41) is 38.1. The zero-order valence-corrected chi connectivity index (χ0v) is 21.1. The Balaban J connectivity index is 0.00000253. The maximum Gasteiger partial charge on any atom is 0.224 e. The maximum atomic E-state index is 10.6. The van der Waals surface area contributed by atoms with Crippen LogP contribution in [0.5, 0.6) is 0 Å². The molecule has 3 aliphatic carbocycles. The number of nitrogens with one attached hydrogen (secondary N) is 2. The first-order valence-corrected chi connectivity index (χ1v) is 12.9. The highest BCUT2D eigenvalue weighted by atomic mass is 35.5. The predicted molar refractivity (Wildman–Crippen MR) is 138 cm³/mol. The van der Waals surface area contributed by atoms with Gasteiger partial charge in [0.25, 0.3) is 0 Å². The fourth-order valence-corrected chi connectivity index (χ4v) is 5.90. The van der Waals surface area contributed by atoms with Crippen molar-refractivity contribution in [1.82, 2.24) is 19.9 Å². The Hall–Kier alpha value is -2.11. The molecule has 6 rings (SSSR count). The summed E-state index contributed by atoms with van der Waals surface area (Å²) in [4.78, 5) is 19.1. The van der Waals surface area contributed by atoms with Crippen LogP contribution in [-0.2, 0) is 0 Å². The van der Waals surface area contributed by atoms with Crippen LogP contribution < -0.4 is 10.6 Å². The molecule has 0 saturated heterocycles. The molecule has 3 aliphatic rings. The lowest BCUT2D eigenvalue weighted by molar-refractivity contribution is 0.00446. The molecule has 0 aromatic carbocycles. The van der Waals surface area contributed by atoms with E-state index in [0.29, 0.717) is 30.0 Å². The van der Waals surface area contributed by atoms with Gasteiger partial charge in [-0.3, -0.25) is 4.98 Å². The molecule has 0 aliphatic heterocycles. The molecule has 3 aromatic heterocycles. The molecule has 0 bridgehead atoms. The molecule has 0 spiro atoms. The van der Waals surface area contributed by atoms with Crippen molar-refractivity contribution in [2.75, 3.05) is 23.8 Å². The number of aryl methyl sites for hydroxylation is 1. The van der Waals surface area contributed by atoms with E-state index < -0.39 is 18.2 Å². The largest absolute Gasteiger partial charge is 0.396 e. The van der Waals surface area contributed by atoms with E-state index in [1.807, 2.05) is 19.2 Å². The lowest BCUT2D eigenvalue weighted by Gasteiger charge is -2.21. The third-order valence-electron chi connectivity index (χ3n) is 7.21. The van der Waals surface area contributed by atoms with Gasteiger partial charge in [-0.15, -0.1) is 23.7 Å². The van der Waals surface area contributed by atoms with Gasteiger partial charge in [0.05, 0.1) is 33.8 Å². The Morgan fingerprint density at radius 1 is 1.09 bits per heavy atom. The summed E-state index contributed by atoms with van der Waals surface area (Å²) in [7, 11) is 0. The van der Waals surface area contributed by atoms with Gasteiger partial charge >= 0.3 is 0 Å². The van der Waals surface area contributed by atoms with Gasteiger partial charge in [-0.25, -0.2) is 9.97 Å². The standard InChI is InChI=1S/C24H30N6O3S.ClH/c1-11-17(23-29-19-16(34-23)6-7-25-18(19)13-4-5-13)22(30-24(27-11)26-9-12-2-3-12)28-15-8-14(10-31)20(32)21(15)33;/h6-7,12-15,20-21,31-33H,2-5,8-10H2,1H3,(H2,26,27,28,30);1H/t14-,15-,20-,21+;/m1./s1. The molecule has 5 N–H and O–H groups in total. The van der Waals surface area contributed by atoms with Gasteiger partial charge < -0.3 is 26.0 Å². The van der Waals surface area contributed by atoms with Gasteiger partial charge in [-0.2, -0.15) is 4.98 Å². The number of pyridine rings is 1. The van der Waals surface area contributed by atoms with Crippen LogP contribution in [0, 0.1) is 18.8 Å². The minimum Gasteiger partial charge on any atom is -0.396 e. The quantitative estimate of drug-likeness (QED) is 0.304. The zero-order chi connectivity index (χ0) is 23.4. The van der Waals surface area contributed by atoms with Crippen LogP contribution in [0.2, 0.25) is 0 Å². The second-order valence-electron chi connectivity index (χ2n) is 9.93. The molecule has 3 aromatic rings. The van der Waals surface area contributed by atoms with E-state index in [0.717, 1.165) is 51.6 Å². The van der Waals surface area contributed by atoms with Crippen LogP contribution in [0.25, 0.3) is 20.8 Å². The molecule has 9 nitrogen and oxygen atoms in total. The highest BCUT2D eigenvalue weighted by Crippen LogP contribution is 2.44. The van der Waals surface area contributed by atoms with Crippen molar-refractivity contribution in [3.63, 3.8) is 0 Å². The van der Waals surface area contributed by atoms with Crippen molar-refractivity contribution in [2.45, 2.75) is 63.2 Å². The summed E-state index contributed by atoms with van der Waals surface area (Å²) in [6.45, 7) is 2.62. The molecule has 188 valence electrons. The summed E-state index contributed by atoms with van der Waals surface area (Å²) in [5.74, 6) is 1.92. The number of aliphatic hydroxyl groups excluding tert-OH is 3.